The van der Waals surface area contributed by atoms with Gasteiger partial charge in [-0.05, 0) is 36.1 Å². The van der Waals surface area contributed by atoms with Gasteiger partial charge in [0.05, 0.1) is 0 Å². The van der Waals surface area contributed by atoms with Gasteiger partial charge in [0.15, 0.2) is 0 Å². The molecule has 3 aromatic carbocycles. The molecule has 1 aliphatic rings. The molecule has 29 heavy (non-hydrogen) atoms. The number of hydrogen-bond donors (Lipinski definition) is 0. The van der Waals surface area contributed by atoms with Gasteiger partial charge in [0.2, 0.25) is 0 Å². The normalized spacial score (nSPS) is 15.6. The number of hydrogen-bond acceptors (Lipinski definition) is 2. The molecule has 0 unspecified atom stereocenters. The van der Waals surface area contributed by atoms with Crippen LogP contribution in [0.5, 0.6) is 0 Å². The second-order valence-electron chi connectivity index (χ2n) is 8.08. The quantitative estimate of drug-likeness (QED) is 0.535. The van der Waals surface area contributed by atoms with Crippen molar-refractivity contribution in [2.45, 2.75) is 18.8 Å². The molecular weight excluding hydrogens is 352 g/mol. The zero-order valence-corrected chi connectivity index (χ0v) is 17.3. The molecule has 150 valence electrons. The predicted octanol–water partition coefficient (Wildman–Crippen LogP) is 5.07. The molecule has 2 heteroatoms. The highest BCUT2D eigenvalue weighted by atomic mass is 15.3. The fourth-order valence-corrected chi connectivity index (χ4v) is 4.38. The van der Waals surface area contributed by atoms with Gasteiger partial charge in [-0.1, -0.05) is 91.0 Å². The summed E-state index contributed by atoms with van der Waals surface area (Å²) in [5, 5.41) is 0. The molecule has 0 radical (unpaired) electrons. The summed E-state index contributed by atoms with van der Waals surface area (Å²) in [7, 11) is 0. The Labute approximate surface area is 175 Å². The van der Waals surface area contributed by atoms with Crippen LogP contribution in [0.1, 0.15) is 29.0 Å². The molecule has 0 spiro atoms. The summed E-state index contributed by atoms with van der Waals surface area (Å²) < 4.78 is 0. The highest BCUT2D eigenvalue weighted by Gasteiger charge is 2.19. The maximum absolute atomic E-state index is 2.65. The Morgan fingerprint density at radius 3 is 1.52 bits per heavy atom. The molecular formula is C27H32N2. The van der Waals surface area contributed by atoms with E-state index in [4.69, 9.17) is 0 Å². The molecule has 3 aromatic rings. The van der Waals surface area contributed by atoms with Crippen molar-refractivity contribution in [2.75, 3.05) is 39.3 Å². The Morgan fingerprint density at radius 2 is 1.00 bits per heavy atom. The van der Waals surface area contributed by atoms with Gasteiger partial charge >= 0.3 is 0 Å². The Bertz CT molecular complexity index is 785. The van der Waals surface area contributed by atoms with E-state index in [1.807, 2.05) is 0 Å². The summed E-state index contributed by atoms with van der Waals surface area (Å²) in [5.74, 6) is 0.480. The molecule has 0 aromatic heterocycles. The largest absolute Gasteiger partial charge is 0.301 e. The zero-order chi connectivity index (χ0) is 19.7. The topological polar surface area (TPSA) is 6.48 Å². The third-order valence-electron chi connectivity index (χ3n) is 6.16. The lowest BCUT2D eigenvalue weighted by Crippen LogP contribution is -2.47. The minimum Gasteiger partial charge on any atom is -0.301 e. The molecule has 2 nitrogen and oxygen atoms in total. The van der Waals surface area contributed by atoms with Crippen LogP contribution in [0.3, 0.4) is 0 Å². The van der Waals surface area contributed by atoms with Crippen molar-refractivity contribution in [3.63, 3.8) is 0 Å². The molecule has 0 aliphatic carbocycles. The average molecular weight is 385 g/mol. The van der Waals surface area contributed by atoms with Crippen molar-refractivity contribution in [1.29, 1.82) is 0 Å². The van der Waals surface area contributed by atoms with Gasteiger partial charge in [-0.25, -0.2) is 0 Å². The first-order chi connectivity index (χ1) is 14.4. The molecule has 1 heterocycles. The number of benzene rings is 3. The van der Waals surface area contributed by atoms with Crippen molar-refractivity contribution in [3.8, 4) is 0 Å². The van der Waals surface area contributed by atoms with Crippen LogP contribution in [0.2, 0.25) is 0 Å². The highest BCUT2D eigenvalue weighted by Crippen LogP contribution is 2.28. The van der Waals surface area contributed by atoms with E-state index in [0.717, 1.165) is 6.42 Å². The average Bonchev–Trinajstić information content (AvgIpc) is 2.81. The van der Waals surface area contributed by atoms with Gasteiger partial charge in [-0.3, -0.25) is 0 Å². The van der Waals surface area contributed by atoms with Gasteiger partial charge in [-0.15, -0.1) is 0 Å². The first kappa shape index (κ1) is 19.9. The van der Waals surface area contributed by atoms with E-state index in [9.17, 15) is 0 Å². The van der Waals surface area contributed by atoms with Crippen LogP contribution in [0.4, 0.5) is 0 Å². The molecule has 0 saturated carbocycles. The van der Waals surface area contributed by atoms with Gasteiger partial charge < -0.3 is 9.80 Å². The van der Waals surface area contributed by atoms with Crippen molar-refractivity contribution in [1.82, 2.24) is 9.80 Å². The Morgan fingerprint density at radius 1 is 0.552 bits per heavy atom. The Kier molecular flexibility index (Phi) is 7.12. The Balaban J connectivity index is 1.28. The minimum atomic E-state index is 0.480. The highest BCUT2D eigenvalue weighted by molar-refractivity contribution is 5.32. The monoisotopic (exact) mass is 384 g/mol. The van der Waals surface area contributed by atoms with Crippen molar-refractivity contribution in [3.05, 3.63) is 108 Å². The summed E-state index contributed by atoms with van der Waals surface area (Å²) in [6.45, 7) is 7.09. The lowest BCUT2D eigenvalue weighted by Gasteiger charge is -2.35. The van der Waals surface area contributed by atoms with E-state index in [2.05, 4.69) is 101 Å². The van der Waals surface area contributed by atoms with Gasteiger partial charge in [-0.2, -0.15) is 0 Å². The Hall–Kier alpha value is -2.42. The molecule has 0 atom stereocenters. The first-order valence-corrected chi connectivity index (χ1v) is 11.0. The van der Waals surface area contributed by atoms with E-state index in [-0.39, 0.29) is 0 Å². The SMILES string of the molecule is c1ccc(CCN2CCN(CCC(c3ccccc3)c3ccccc3)CC2)cc1. The number of piperazine rings is 1. The molecule has 1 fully saturated rings. The molecule has 0 bridgehead atoms. The van der Waals surface area contributed by atoms with Crippen LogP contribution >= 0.6 is 0 Å². The van der Waals surface area contributed by atoms with E-state index in [1.54, 1.807) is 0 Å². The van der Waals surface area contributed by atoms with Crippen LogP contribution in [-0.4, -0.2) is 49.1 Å². The maximum atomic E-state index is 2.65. The minimum absolute atomic E-state index is 0.480. The summed E-state index contributed by atoms with van der Waals surface area (Å²) in [6.07, 6.45) is 2.34. The third-order valence-corrected chi connectivity index (χ3v) is 6.16. The van der Waals surface area contributed by atoms with Crippen molar-refractivity contribution >= 4 is 0 Å². The van der Waals surface area contributed by atoms with E-state index < -0.39 is 0 Å². The van der Waals surface area contributed by atoms with Crippen LogP contribution in [-0.2, 0) is 6.42 Å². The first-order valence-electron chi connectivity index (χ1n) is 11.0. The van der Waals surface area contributed by atoms with Crippen molar-refractivity contribution in [2.24, 2.45) is 0 Å². The molecule has 1 aliphatic heterocycles. The van der Waals surface area contributed by atoms with Gasteiger partial charge in [0.1, 0.15) is 0 Å². The summed E-state index contributed by atoms with van der Waals surface area (Å²) in [5.41, 5.74) is 4.31. The number of rotatable bonds is 8. The number of nitrogens with zero attached hydrogens (tertiary/aromatic N) is 2. The van der Waals surface area contributed by atoms with Gasteiger partial charge in [0, 0.05) is 38.6 Å². The predicted molar refractivity (Wildman–Crippen MR) is 122 cm³/mol. The second-order valence-corrected chi connectivity index (χ2v) is 8.08. The van der Waals surface area contributed by atoms with E-state index in [1.165, 1.54) is 62.4 Å². The molecule has 4 rings (SSSR count). The standard InChI is InChI=1S/C27H32N2/c1-4-10-24(11-5-1)16-18-28-20-22-29(23-21-28)19-17-27(25-12-6-2-7-13-25)26-14-8-3-9-15-26/h1-15,27H,16-23H2. The molecule has 0 N–H and O–H groups in total. The molecule has 0 amide bonds. The summed E-state index contributed by atoms with van der Waals surface area (Å²) >= 11 is 0. The van der Waals surface area contributed by atoms with Crippen LogP contribution < -0.4 is 0 Å². The maximum Gasteiger partial charge on any atom is 0.0110 e. The van der Waals surface area contributed by atoms with Gasteiger partial charge in [0.25, 0.3) is 0 Å². The lowest BCUT2D eigenvalue weighted by atomic mass is 9.88. The van der Waals surface area contributed by atoms with Crippen LogP contribution in [0.25, 0.3) is 0 Å². The smallest absolute Gasteiger partial charge is 0.0110 e. The van der Waals surface area contributed by atoms with Crippen LogP contribution in [0, 0.1) is 0 Å². The second kappa shape index (κ2) is 10.4. The summed E-state index contributed by atoms with van der Waals surface area (Å²) in [4.78, 5) is 5.27. The summed E-state index contributed by atoms with van der Waals surface area (Å²) in [6, 6.07) is 32.8. The van der Waals surface area contributed by atoms with Crippen molar-refractivity contribution < 1.29 is 0 Å². The molecule has 1 saturated heterocycles. The van der Waals surface area contributed by atoms with Crippen LogP contribution in [0.15, 0.2) is 91.0 Å². The zero-order valence-electron chi connectivity index (χ0n) is 17.3. The third kappa shape index (κ3) is 5.79. The van der Waals surface area contributed by atoms with E-state index >= 15 is 0 Å². The fraction of sp³-hybridized carbons (Fsp3) is 0.333. The lowest BCUT2D eigenvalue weighted by molar-refractivity contribution is 0.131. The van der Waals surface area contributed by atoms with E-state index in [0.29, 0.717) is 5.92 Å². The fourth-order valence-electron chi connectivity index (χ4n) is 4.38.